The second-order valence-corrected chi connectivity index (χ2v) is 5.34. The molecule has 0 aromatic rings. The van der Waals surface area contributed by atoms with Gasteiger partial charge in [0.15, 0.2) is 0 Å². The first-order valence-electron chi connectivity index (χ1n) is 2.47. The van der Waals surface area contributed by atoms with Crippen molar-refractivity contribution in [3.05, 3.63) is 0 Å². The average Bonchev–Trinajstić information content (AvgIpc) is 1.69. The van der Waals surface area contributed by atoms with Gasteiger partial charge >= 0.3 is 31.0 Å². The van der Waals surface area contributed by atoms with E-state index >= 15 is 0 Å². The van der Waals surface area contributed by atoms with E-state index in [-0.39, 0.29) is 26.5 Å². The van der Waals surface area contributed by atoms with Crippen molar-refractivity contribution in [2.24, 2.45) is 0 Å². The molecule has 0 aliphatic carbocycles. The van der Waals surface area contributed by atoms with Gasteiger partial charge in [0.1, 0.15) is 0 Å². The average molecular weight is 262 g/mol. The van der Waals surface area contributed by atoms with E-state index in [0.29, 0.717) is 5.88 Å². The molecule has 0 aliphatic rings. The van der Waals surface area contributed by atoms with Crippen LogP contribution < -0.4 is 0 Å². The van der Waals surface area contributed by atoms with Crippen molar-refractivity contribution in [1.29, 1.82) is 0 Å². The van der Waals surface area contributed by atoms with E-state index in [2.05, 4.69) is 9.88 Å². The molecule has 0 saturated heterocycles. The van der Waals surface area contributed by atoms with Gasteiger partial charge in [-0.2, -0.15) is 0 Å². The van der Waals surface area contributed by atoms with E-state index in [1.165, 1.54) is 0 Å². The molecule has 0 bridgehead atoms. The van der Waals surface area contributed by atoms with Crippen LogP contribution in [0.3, 0.4) is 0 Å². The van der Waals surface area contributed by atoms with Gasteiger partial charge in [0.2, 0.25) is 0 Å². The van der Waals surface area contributed by atoms with E-state index in [4.69, 9.17) is 23.2 Å². The van der Waals surface area contributed by atoms with Gasteiger partial charge in [-0.1, -0.05) is 0 Å². The molecule has 0 N–H and O–H groups in total. The molecule has 0 spiro atoms. The van der Waals surface area contributed by atoms with E-state index in [0.717, 1.165) is 0 Å². The number of hydrogen-bond acceptors (Lipinski definition) is 0. The Labute approximate surface area is 72.2 Å². The summed E-state index contributed by atoms with van der Waals surface area (Å²) in [6.07, 6.45) is 0. The number of rotatable bonds is 1. The van der Waals surface area contributed by atoms with Crippen LogP contribution in [0.4, 0.5) is 0 Å². The number of hydrogen-bond donors (Lipinski definition) is 0. The fraction of sp³-hybridized carbons (Fsp3) is 1.00. The van der Waals surface area contributed by atoms with Gasteiger partial charge in [0.05, 0.1) is 0 Å². The maximum atomic E-state index is 5.33. The first kappa shape index (κ1) is 12.1. The van der Waals surface area contributed by atoms with Gasteiger partial charge in [0.25, 0.3) is 0 Å². The molecule has 0 saturated carbocycles. The van der Waals surface area contributed by atoms with Crippen molar-refractivity contribution in [3.63, 3.8) is 0 Å². The molecule has 0 amide bonds. The molecule has 0 fully saturated rings. The Morgan fingerprint density at radius 1 is 1.50 bits per heavy atom. The molecular weight excluding hydrogens is 250 g/mol. The van der Waals surface area contributed by atoms with Crippen LogP contribution in [0.25, 0.3) is 0 Å². The topological polar surface area (TPSA) is 0 Å². The van der Waals surface area contributed by atoms with E-state index in [9.17, 15) is 0 Å². The van der Waals surface area contributed by atoms with Gasteiger partial charge in [-0.05, 0) is 6.92 Å². The Morgan fingerprint density at radius 2 is 1.62 bits per heavy atom. The maximum absolute atomic E-state index is 5.33. The zero-order valence-electron chi connectivity index (χ0n) is 5.54. The first-order valence-corrected chi connectivity index (χ1v) is 9.15. The zero-order valence-corrected chi connectivity index (χ0v) is 9.91. The Balaban J connectivity index is 0. The van der Waals surface area contributed by atoms with Crippen LogP contribution in [-0.4, -0.2) is 32.4 Å². The second kappa shape index (κ2) is 11.2. The summed E-state index contributed by atoms with van der Waals surface area (Å²) in [5, 5.41) is 0.122. The Kier molecular flexibility index (Phi) is 16.9. The summed E-state index contributed by atoms with van der Waals surface area (Å²) in [4.78, 5) is 4.59. The molecule has 8 heavy (non-hydrogen) atoms. The van der Waals surface area contributed by atoms with Gasteiger partial charge in [0, 0.05) is 11.3 Å². The van der Waals surface area contributed by atoms with Gasteiger partial charge in [-0.25, -0.2) is 0 Å². The van der Waals surface area contributed by atoms with Crippen LogP contribution in [0.1, 0.15) is 6.92 Å². The van der Waals surface area contributed by atoms with Gasteiger partial charge < -0.3 is 0 Å². The Hall–Kier alpha value is 1.38. The van der Waals surface area contributed by atoms with Crippen molar-refractivity contribution >= 4 is 44.3 Å². The molecule has 50 valence electrons. The van der Waals surface area contributed by atoms with Crippen LogP contribution in [0.15, 0.2) is 0 Å². The molecule has 0 rings (SSSR count). The molecule has 1 atom stereocenters. The van der Waals surface area contributed by atoms with Crippen molar-refractivity contribution < 1.29 is 0 Å². The zero-order chi connectivity index (χ0) is 6.99. The fourth-order valence-electron chi connectivity index (χ4n) is 0. The fourth-order valence-corrected chi connectivity index (χ4v) is 0. The van der Waals surface area contributed by atoms with Crippen LogP contribution in [0, 0.1) is 0 Å². The summed E-state index contributed by atoms with van der Waals surface area (Å²) < 4.78 is 0. The Morgan fingerprint density at radius 3 is 1.62 bits per heavy atom. The molecule has 0 nitrogen and oxygen atoms in total. The molecule has 0 aromatic heterocycles. The normalized spacial score (nSPS) is 11.6. The standard InChI is InChI=1S/C3H6Cl2.2CH3.Sn/c1-3(5)2-4;;;/h3H,2H2,1H3;2*1H3;. The first-order chi connectivity index (χ1) is 3.68. The SMILES string of the molecule is CC(Cl)CCl.[CH3][Sn][CH3]. The van der Waals surface area contributed by atoms with Crippen molar-refractivity contribution in [2.45, 2.75) is 22.2 Å². The molecular formula is C5H12Cl2Sn. The van der Waals surface area contributed by atoms with Gasteiger partial charge in [-0.3, -0.25) is 0 Å². The summed E-state index contributed by atoms with van der Waals surface area (Å²) in [7, 11) is 0. The minimum atomic E-state index is 0.122. The minimum absolute atomic E-state index is 0.122. The van der Waals surface area contributed by atoms with E-state index < -0.39 is 0 Å². The summed E-state index contributed by atoms with van der Waals surface area (Å²) in [5.41, 5.74) is 0. The molecule has 2 radical (unpaired) electrons. The van der Waals surface area contributed by atoms with Crippen LogP contribution >= 0.6 is 23.2 Å². The predicted octanol–water partition coefficient (Wildman–Crippen LogP) is 2.64. The third-order valence-corrected chi connectivity index (χ3v) is 0.988. The molecule has 1 unspecified atom stereocenters. The Bertz CT molecular complexity index is 31.6. The van der Waals surface area contributed by atoms with Crippen molar-refractivity contribution in [1.82, 2.24) is 0 Å². The molecule has 0 aromatic carbocycles. The van der Waals surface area contributed by atoms with Crippen molar-refractivity contribution in [2.75, 3.05) is 5.88 Å². The number of alkyl halides is 2. The summed E-state index contributed by atoms with van der Waals surface area (Å²) >= 11 is 10.8. The monoisotopic (exact) mass is 262 g/mol. The van der Waals surface area contributed by atoms with Gasteiger partial charge in [-0.15, -0.1) is 23.2 Å². The van der Waals surface area contributed by atoms with E-state index in [1.807, 2.05) is 6.92 Å². The number of halogens is 2. The molecule has 0 aliphatic heterocycles. The third kappa shape index (κ3) is 26.3. The second-order valence-electron chi connectivity index (χ2n) is 1.44. The molecule has 0 heterocycles. The summed E-state index contributed by atoms with van der Waals surface area (Å²) in [6, 6.07) is 0. The quantitative estimate of drug-likeness (QED) is 0.503. The van der Waals surface area contributed by atoms with Crippen LogP contribution in [0.5, 0.6) is 0 Å². The van der Waals surface area contributed by atoms with E-state index in [1.54, 1.807) is 0 Å². The summed E-state index contributed by atoms with van der Waals surface area (Å²) in [5.74, 6) is 0.543. The van der Waals surface area contributed by atoms with Crippen LogP contribution in [0.2, 0.25) is 9.88 Å². The van der Waals surface area contributed by atoms with Crippen molar-refractivity contribution in [3.8, 4) is 0 Å². The molecule has 3 heteroatoms. The van der Waals surface area contributed by atoms with Crippen LogP contribution in [-0.2, 0) is 0 Å². The third-order valence-electron chi connectivity index (χ3n) is 0.213. The summed E-state index contributed by atoms with van der Waals surface area (Å²) in [6.45, 7) is 1.86. The predicted molar refractivity (Wildman–Crippen MR) is 43.5 cm³/mol.